The third-order valence-electron chi connectivity index (χ3n) is 3.40. The summed E-state index contributed by atoms with van der Waals surface area (Å²) in [5, 5.41) is 3.26. The molecule has 2 rings (SSSR count). The Kier molecular flexibility index (Phi) is 6.04. The first kappa shape index (κ1) is 15.3. The van der Waals surface area contributed by atoms with Crippen LogP contribution in [0, 0.1) is 0 Å². The van der Waals surface area contributed by atoms with E-state index in [1.165, 1.54) is 11.1 Å². The van der Waals surface area contributed by atoms with Gasteiger partial charge < -0.3 is 10.1 Å². The molecule has 0 fully saturated rings. The third kappa shape index (κ3) is 4.47. The van der Waals surface area contributed by atoms with Gasteiger partial charge in [0.25, 0.3) is 0 Å². The molecule has 0 aliphatic rings. The molecule has 0 bridgehead atoms. The van der Waals surface area contributed by atoms with Crippen molar-refractivity contribution in [2.75, 3.05) is 19.7 Å². The molecular weight excluding hydrogens is 258 g/mol. The number of benzene rings is 2. The van der Waals surface area contributed by atoms with Crippen LogP contribution in [0.25, 0.3) is 0 Å². The monoisotopic (exact) mass is 281 g/mol. The van der Waals surface area contributed by atoms with Crippen molar-refractivity contribution in [2.45, 2.75) is 12.8 Å². The van der Waals surface area contributed by atoms with E-state index in [9.17, 15) is 0 Å². The molecule has 2 aromatic carbocycles. The van der Waals surface area contributed by atoms with Gasteiger partial charge in [-0.25, -0.2) is 0 Å². The minimum atomic E-state index is 0.0778. The Hall–Kier alpha value is -2.06. The summed E-state index contributed by atoms with van der Waals surface area (Å²) < 4.78 is 5.86. The van der Waals surface area contributed by atoms with Gasteiger partial charge in [0.05, 0.1) is 5.92 Å². The van der Waals surface area contributed by atoms with E-state index in [4.69, 9.17) is 4.74 Å². The Balaban J connectivity index is 2.15. The molecule has 110 valence electrons. The Morgan fingerprint density at radius 2 is 1.52 bits per heavy atom. The quantitative estimate of drug-likeness (QED) is 0.584. The van der Waals surface area contributed by atoms with Crippen LogP contribution < -0.4 is 5.32 Å². The van der Waals surface area contributed by atoms with Gasteiger partial charge in [-0.1, -0.05) is 74.2 Å². The van der Waals surface area contributed by atoms with Crippen LogP contribution in [-0.4, -0.2) is 19.7 Å². The molecule has 21 heavy (non-hydrogen) atoms. The Morgan fingerprint density at radius 1 is 1.00 bits per heavy atom. The standard InChI is InChI=1S/C19H23NO/c1-3-20-14-15-21-16(2)19(17-10-6-4-7-11-17)18-12-8-5-9-13-18/h4-13,19-20H,2-3,14-15H2,1H3. The van der Waals surface area contributed by atoms with Crippen molar-refractivity contribution in [3.8, 4) is 0 Å². The number of nitrogens with one attached hydrogen (secondary N) is 1. The molecule has 0 amide bonds. The van der Waals surface area contributed by atoms with Gasteiger partial charge in [-0.3, -0.25) is 0 Å². The van der Waals surface area contributed by atoms with Gasteiger partial charge >= 0.3 is 0 Å². The van der Waals surface area contributed by atoms with Crippen molar-refractivity contribution < 1.29 is 4.74 Å². The molecule has 2 nitrogen and oxygen atoms in total. The van der Waals surface area contributed by atoms with Crippen molar-refractivity contribution >= 4 is 0 Å². The van der Waals surface area contributed by atoms with Crippen LogP contribution in [0.2, 0.25) is 0 Å². The number of allylic oxidation sites excluding steroid dienone is 1. The molecule has 0 aliphatic heterocycles. The minimum absolute atomic E-state index is 0.0778. The van der Waals surface area contributed by atoms with E-state index >= 15 is 0 Å². The Labute approximate surface area is 127 Å². The van der Waals surface area contributed by atoms with Gasteiger partial charge in [-0.05, 0) is 17.7 Å². The molecule has 0 aromatic heterocycles. The van der Waals surface area contributed by atoms with Gasteiger partial charge in [0.2, 0.25) is 0 Å². The highest BCUT2D eigenvalue weighted by atomic mass is 16.5. The predicted molar refractivity (Wildman–Crippen MR) is 88.4 cm³/mol. The molecule has 0 saturated heterocycles. The lowest BCUT2D eigenvalue weighted by atomic mass is 9.90. The lowest BCUT2D eigenvalue weighted by Crippen LogP contribution is -2.19. The van der Waals surface area contributed by atoms with Gasteiger partial charge in [0, 0.05) is 6.54 Å². The largest absolute Gasteiger partial charge is 0.496 e. The smallest absolute Gasteiger partial charge is 0.101 e. The molecule has 0 atom stereocenters. The summed E-state index contributed by atoms with van der Waals surface area (Å²) in [6, 6.07) is 20.8. The summed E-state index contributed by atoms with van der Waals surface area (Å²) in [6.45, 7) is 8.68. The minimum Gasteiger partial charge on any atom is -0.496 e. The lowest BCUT2D eigenvalue weighted by molar-refractivity contribution is 0.201. The van der Waals surface area contributed by atoms with E-state index in [2.05, 4.69) is 67.4 Å². The molecule has 0 radical (unpaired) electrons. The second-order valence-electron chi connectivity index (χ2n) is 4.92. The molecule has 2 heteroatoms. The number of ether oxygens (including phenoxy) is 1. The maximum absolute atomic E-state index is 5.86. The summed E-state index contributed by atoms with van der Waals surface area (Å²) in [4.78, 5) is 0. The average Bonchev–Trinajstić information content (AvgIpc) is 2.54. The molecule has 0 heterocycles. The first-order valence-electron chi connectivity index (χ1n) is 7.45. The van der Waals surface area contributed by atoms with Crippen LogP contribution in [-0.2, 0) is 4.74 Å². The molecule has 0 saturated carbocycles. The van der Waals surface area contributed by atoms with Gasteiger partial charge in [0.1, 0.15) is 12.4 Å². The predicted octanol–water partition coefficient (Wildman–Crippen LogP) is 3.96. The van der Waals surface area contributed by atoms with Crippen LogP contribution in [0.15, 0.2) is 73.0 Å². The van der Waals surface area contributed by atoms with Crippen LogP contribution in [0.3, 0.4) is 0 Å². The highest BCUT2D eigenvalue weighted by molar-refractivity contribution is 5.38. The summed E-state index contributed by atoms with van der Waals surface area (Å²) in [5.41, 5.74) is 2.41. The molecule has 0 aliphatic carbocycles. The van der Waals surface area contributed by atoms with Crippen LogP contribution >= 0.6 is 0 Å². The van der Waals surface area contributed by atoms with E-state index in [-0.39, 0.29) is 5.92 Å². The van der Waals surface area contributed by atoms with Crippen molar-refractivity contribution in [2.24, 2.45) is 0 Å². The number of rotatable bonds is 8. The van der Waals surface area contributed by atoms with E-state index < -0.39 is 0 Å². The zero-order chi connectivity index (χ0) is 14.9. The van der Waals surface area contributed by atoms with E-state index in [0.717, 1.165) is 18.8 Å². The highest BCUT2D eigenvalue weighted by Crippen LogP contribution is 2.31. The summed E-state index contributed by atoms with van der Waals surface area (Å²) in [5.74, 6) is 0.874. The van der Waals surface area contributed by atoms with Gasteiger partial charge in [-0.15, -0.1) is 0 Å². The first-order chi connectivity index (χ1) is 10.3. The summed E-state index contributed by atoms with van der Waals surface area (Å²) >= 11 is 0. The fraction of sp³-hybridized carbons (Fsp3) is 0.263. The second-order valence-corrected chi connectivity index (χ2v) is 4.92. The van der Waals surface area contributed by atoms with E-state index in [0.29, 0.717) is 6.61 Å². The number of hydrogen-bond donors (Lipinski definition) is 1. The fourth-order valence-corrected chi connectivity index (χ4v) is 2.37. The Bertz CT molecular complexity index is 497. The van der Waals surface area contributed by atoms with E-state index in [1.807, 2.05) is 12.1 Å². The fourth-order valence-electron chi connectivity index (χ4n) is 2.37. The molecular formula is C19H23NO. The zero-order valence-electron chi connectivity index (χ0n) is 12.6. The topological polar surface area (TPSA) is 21.3 Å². The van der Waals surface area contributed by atoms with Crippen molar-refractivity contribution in [1.29, 1.82) is 0 Å². The lowest BCUT2D eigenvalue weighted by Gasteiger charge is -2.21. The molecule has 1 N–H and O–H groups in total. The third-order valence-corrected chi connectivity index (χ3v) is 3.40. The maximum Gasteiger partial charge on any atom is 0.101 e. The SMILES string of the molecule is C=C(OCCNCC)C(c1ccccc1)c1ccccc1. The highest BCUT2D eigenvalue weighted by Gasteiger charge is 2.18. The van der Waals surface area contributed by atoms with Gasteiger partial charge in [-0.2, -0.15) is 0 Å². The van der Waals surface area contributed by atoms with Crippen LogP contribution in [0.1, 0.15) is 24.0 Å². The maximum atomic E-state index is 5.86. The van der Waals surface area contributed by atoms with Gasteiger partial charge in [0.15, 0.2) is 0 Å². The van der Waals surface area contributed by atoms with Crippen LogP contribution in [0.5, 0.6) is 0 Å². The van der Waals surface area contributed by atoms with Crippen molar-refractivity contribution in [3.63, 3.8) is 0 Å². The molecule has 0 spiro atoms. The average molecular weight is 281 g/mol. The van der Waals surface area contributed by atoms with E-state index in [1.54, 1.807) is 0 Å². The van der Waals surface area contributed by atoms with Crippen molar-refractivity contribution in [3.05, 3.63) is 84.1 Å². The molecule has 2 aromatic rings. The number of likely N-dealkylation sites (N-methyl/N-ethyl adjacent to an activating group) is 1. The Morgan fingerprint density at radius 3 is 2.00 bits per heavy atom. The zero-order valence-corrected chi connectivity index (χ0v) is 12.6. The number of hydrogen-bond acceptors (Lipinski definition) is 2. The van der Waals surface area contributed by atoms with Crippen molar-refractivity contribution in [1.82, 2.24) is 5.32 Å². The normalized spacial score (nSPS) is 10.6. The second kappa shape index (κ2) is 8.28. The molecule has 0 unspecified atom stereocenters. The first-order valence-corrected chi connectivity index (χ1v) is 7.45. The van der Waals surface area contributed by atoms with Crippen LogP contribution in [0.4, 0.5) is 0 Å². The summed E-state index contributed by atoms with van der Waals surface area (Å²) in [6.07, 6.45) is 0. The summed E-state index contributed by atoms with van der Waals surface area (Å²) in [7, 11) is 0.